The Morgan fingerprint density at radius 1 is 1.12 bits per heavy atom. The predicted octanol–water partition coefficient (Wildman–Crippen LogP) is 1.36. The number of hydrogen-bond acceptors (Lipinski definition) is 6. The molecule has 0 fully saturated rings. The molecule has 7 nitrogen and oxygen atoms in total. The molecule has 0 saturated carbocycles. The molecule has 0 atom stereocenters. The zero-order valence-electron chi connectivity index (χ0n) is 14.1. The molecular weight excluding hydrogens is 334 g/mol. The van der Waals surface area contributed by atoms with E-state index in [-0.39, 0.29) is 18.8 Å². The van der Waals surface area contributed by atoms with Crippen LogP contribution in [0.2, 0.25) is 0 Å². The average Bonchev–Trinajstić information content (AvgIpc) is 2.92. The summed E-state index contributed by atoms with van der Waals surface area (Å²) in [6, 6.07) is 12.9. The number of para-hydroxylation sites is 2. The van der Waals surface area contributed by atoms with E-state index in [4.69, 9.17) is 9.84 Å². The molecule has 2 heterocycles. The SMILES string of the molecule is O=C1C=C(Nc2ccccc2OCCc2ccccn2)C(=O)N1CCO. The Morgan fingerprint density at radius 2 is 1.92 bits per heavy atom. The van der Waals surface area contributed by atoms with Gasteiger partial charge in [-0.3, -0.25) is 19.5 Å². The van der Waals surface area contributed by atoms with Crippen molar-refractivity contribution in [3.05, 3.63) is 66.1 Å². The number of rotatable bonds is 8. The van der Waals surface area contributed by atoms with Crippen molar-refractivity contribution in [3.63, 3.8) is 0 Å². The van der Waals surface area contributed by atoms with E-state index in [0.29, 0.717) is 24.5 Å². The molecule has 0 saturated heterocycles. The van der Waals surface area contributed by atoms with Crippen molar-refractivity contribution in [2.75, 3.05) is 25.1 Å². The smallest absolute Gasteiger partial charge is 0.277 e. The quantitative estimate of drug-likeness (QED) is 0.696. The Bertz CT molecular complexity index is 821. The van der Waals surface area contributed by atoms with Gasteiger partial charge in [-0.1, -0.05) is 18.2 Å². The molecule has 0 spiro atoms. The first-order valence-corrected chi connectivity index (χ1v) is 8.26. The molecule has 1 aliphatic heterocycles. The Balaban J connectivity index is 1.65. The van der Waals surface area contributed by atoms with Gasteiger partial charge in [-0.2, -0.15) is 0 Å². The van der Waals surface area contributed by atoms with Gasteiger partial charge in [-0.15, -0.1) is 0 Å². The number of nitrogens with one attached hydrogen (secondary N) is 1. The molecule has 134 valence electrons. The van der Waals surface area contributed by atoms with E-state index < -0.39 is 11.8 Å². The van der Waals surface area contributed by atoms with Crippen molar-refractivity contribution < 1.29 is 19.4 Å². The van der Waals surface area contributed by atoms with E-state index in [9.17, 15) is 9.59 Å². The van der Waals surface area contributed by atoms with Crippen LogP contribution in [0.3, 0.4) is 0 Å². The van der Waals surface area contributed by atoms with Crippen LogP contribution < -0.4 is 10.1 Å². The highest BCUT2D eigenvalue weighted by atomic mass is 16.5. The highest BCUT2D eigenvalue weighted by Crippen LogP contribution is 2.27. The van der Waals surface area contributed by atoms with Gasteiger partial charge < -0.3 is 15.2 Å². The largest absolute Gasteiger partial charge is 0.491 e. The number of anilines is 1. The van der Waals surface area contributed by atoms with Gasteiger partial charge in [0.05, 0.1) is 25.4 Å². The summed E-state index contributed by atoms with van der Waals surface area (Å²) in [5.74, 6) is -0.336. The Hall–Kier alpha value is -3.19. The third-order valence-corrected chi connectivity index (χ3v) is 3.83. The fraction of sp³-hybridized carbons (Fsp3) is 0.211. The van der Waals surface area contributed by atoms with E-state index in [0.717, 1.165) is 10.6 Å². The van der Waals surface area contributed by atoms with Crippen molar-refractivity contribution in [3.8, 4) is 5.75 Å². The van der Waals surface area contributed by atoms with Gasteiger partial charge in [0.2, 0.25) is 0 Å². The number of β-amino-alcohol motifs (C(OH)–C–C–N with tert-alkyl or cyclic N) is 1. The molecule has 2 amide bonds. The lowest BCUT2D eigenvalue weighted by molar-refractivity contribution is -0.137. The van der Waals surface area contributed by atoms with Crippen molar-refractivity contribution >= 4 is 17.5 Å². The van der Waals surface area contributed by atoms with Crippen LogP contribution in [-0.4, -0.2) is 46.6 Å². The molecule has 2 aromatic rings. The van der Waals surface area contributed by atoms with Crippen molar-refractivity contribution in [1.29, 1.82) is 0 Å². The topological polar surface area (TPSA) is 91.8 Å². The van der Waals surface area contributed by atoms with Crippen LogP contribution in [0.5, 0.6) is 5.75 Å². The summed E-state index contributed by atoms with van der Waals surface area (Å²) in [6.45, 7) is 0.131. The number of aromatic nitrogens is 1. The van der Waals surface area contributed by atoms with Gasteiger partial charge in [-0.25, -0.2) is 0 Å². The highest BCUT2D eigenvalue weighted by molar-refractivity contribution is 6.17. The van der Waals surface area contributed by atoms with Crippen molar-refractivity contribution in [2.45, 2.75) is 6.42 Å². The number of imide groups is 1. The lowest BCUT2D eigenvalue weighted by Crippen LogP contribution is -2.34. The van der Waals surface area contributed by atoms with Crippen molar-refractivity contribution in [1.82, 2.24) is 9.88 Å². The summed E-state index contributed by atoms with van der Waals surface area (Å²) in [6.07, 6.45) is 3.61. The van der Waals surface area contributed by atoms with Crippen LogP contribution in [0, 0.1) is 0 Å². The molecule has 1 aromatic heterocycles. The molecular formula is C19H19N3O4. The summed E-state index contributed by atoms with van der Waals surface area (Å²) in [5, 5.41) is 11.9. The minimum absolute atomic E-state index is 0.0262. The molecule has 0 unspecified atom stereocenters. The molecule has 26 heavy (non-hydrogen) atoms. The minimum Gasteiger partial charge on any atom is -0.491 e. The normalized spacial score (nSPS) is 13.7. The molecule has 3 rings (SSSR count). The van der Waals surface area contributed by atoms with E-state index in [1.54, 1.807) is 24.4 Å². The molecule has 1 aromatic carbocycles. The van der Waals surface area contributed by atoms with E-state index in [2.05, 4.69) is 10.3 Å². The zero-order chi connectivity index (χ0) is 18.4. The number of carbonyl (C=O) groups is 2. The second-order valence-corrected chi connectivity index (χ2v) is 5.62. The lowest BCUT2D eigenvalue weighted by atomic mass is 10.2. The standard InChI is InChI=1S/C19H19N3O4/c23-11-10-22-18(24)13-16(19(22)25)21-15-6-1-2-7-17(15)26-12-8-14-5-3-4-9-20-14/h1-7,9,13,21,23H,8,10-12H2. The predicted molar refractivity (Wildman–Crippen MR) is 95.4 cm³/mol. The molecule has 0 radical (unpaired) electrons. The Labute approximate surface area is 150 Å². The first-order valence-electron chi connectivity index (χ1n) is 8.26. The third-order valence-electron chi connectivity index (χ3n) is 3.83. The van der Waals surface area contributed by atoms with Gasteiger partial charge in [-0.05, 0) is 24.3 Å². The van der Waals surface area contributed by atoms with Crippen molar-refractivity contribution in [2.24, 2.45) is 0 Å². The number of nitrogens with zero attached hydrogens (tertiary/aromatic N) is 2. The first kappa shape index (κ1) is 17.6. The number of amides is 2. The van der Waals surface area contributed by atoms with Gasteiger partial charge in [0.1, 0.15) is 11.4 Å². The summed E-state index contributed by atoms with van der Waals surface area (Å²) in [7, 11) is 0. The van der Waals surface area contributed by atoms with Crippen LogP contribution in [-0.2, 0) is 16.0 Å². The van der Waals surface area contributed by atoms with Crippen LogP contribution >= 0.6 is 0 Å². The van der Waals surface area contributed by atoms with E-state index >= 15 is 0 Å². The van der Waals surface area contributed by atoms with Gasteiger partial charge >= 0.3 is 0 Å². The molecule has 7 heteroatoms. The van der Waals surface area contributed by atoms with Gasteiger partial charge in [0, 0.05) is 24.4 Å². The summed E-state index contributed by atoms with van der Waals surface area (Å²) in [4.78, 5) is 29.3. The lowest BCUT2D eigenvalue weighted by Gasteiger charge is -2.15. The summed E-state index contributed by atoms with van der Waals surface area (Å²) < 4.78 is 5.81. The van der Waals surface area contributed by atoms with Crippen LogP contribution in [0.4, 0.5) is 5.69 Å². The van der Waals surface area contributed by atoms with Crippen LogP contribution in [0.1, 0.15) is 5.69 Å². The maximum Gasteiger partial charge on any atom is 0.277 e. The van der Waals surface area contributed by atoms with E-state index in [1.165, 1.54) is 6.08 Å². The number of carbonyl (C=O) groups excluding carboxylic acids is 2. The zero-order valence-corrected chi connectivity index (χ0v) is 14.1. The Kier molecular flexibility index (Phi) is 5.60. The third kappa shape index (κ3) is 4.07. The van der Waals surface area contributed by atoms with Crippen LogP contribution in [0.15, 0.2) is 60.4 Å². The Morgan fingerprint density at radius 3 is 2.69 bits per heavy atom. The number of ether oxygens (including phenoxy) is 1. The number of aliphatic hydroxyl groups is 1. The second-order valence-electron chi connectivity index (χ2n) is 5.62. The maximum atomic E-state index is 12.2. The molecule has 0 aliphatic carbocycles. The van der Waals surface area contributed by atoms with Gasteiger partial charge in [0.15, 0.2) is 0 Å². The summed E-state index contributed by atoms with van der Waals surface area (Å²) >= 11 is 0. The number of pyridine rings is 1. The fourth-order valence-corrected chi connectivity index (χ4v) is 2.56. The average molecular weight is 353 g/mol. The van der Waals surface area contributed by atoms with Gasteiger partial charge in [0.25, 0.3) is 11.8 Å². The number of aliphatic hydroxyl groups excluding tert-OH is 1. The number of benzene rings is 1. The fourth-order valence-electron chi connectivity index (χ4n) is 2.56. The maximum absolute atomic E-state index is 12.2. The van der Waals surface area contributed by atoms with Crippen LogP contribution in [0.25, 0.3) is 0 Å². The second kappa shape index (κ2) is 8.26. The molecule has 1 aliphatic rings. The summed E-state index contributed by atoms with van der Waals surface area (Å²) in [5.41, 5.74) is 1.67. The highest BCUT2D eigenvalue weighted by Gasteiger charge is 2.30. The number of hydrogen-bond donors (Lipinski definition) is 2. The first-order chi connectivity index (χ1) is 12.7. The minimum atomic E-state index is -0.465. The monoisotopic (exact) mass is 353 g/mol. The van der Waals surface area contributed by atoms with E-state index in [1.807, 2.05) is 24.3 Å². The molecule has 2 N–H and O–H groups in total. The molecule has 0 bridgehead atoms.